The van der Waals surface area contributed by atoms with Crippen LogP contribution < -0.4 is 4.18 Å². The molecular weight excluding hydrogens is 422 g/mol. The number of carbonyl (C=O) groups is 1. The Balaban J connectivity index is 2.22. The predicted octanol–water partition coefficient (Wildman–Crippen LogP) is 3.08. The zero-order chi connectivity index (χ0) is 19.2. The molecule has 0 aliphatic carbocycles. The van der Waals surface area contributed by atoms with Gasteiger partial charge in [-0.25, -0.2) is 0 Å². The van der Waals surface area contributed by atoms with Crippen molar-refractivity contribution in [1.29, 1.82) is 0 Å². The Kier molecular flexibility index (Phi) is 7.19. The van der Waals surface area contributed by atoms with Crippen LogP contribution in [-0.2, 0) is 21.4 Å². The van der Waals surface area contributed by atoms with E-state index < -0.39 is 10.1 Å². The minimum atomic E-state index is -3.61. The first-order valence-corrected chi connectivity index (χ1v) is 10.4. The Labute approximate surface area is 162 Å². The van der Waals surface area contributed by atoms with Gasteiger partial charge in [-0.1, -0.05) is 34.1 Å². The van der Waals surface area contributed by atoms with Crippen molar-refractivity contribution < 1.29 is 22.1 Å². The van der Waals surface area contributed by atoms with Gasteiger partial charge < -0.3 is 13.8 Å². The third-order valence-corrected chi connectivity index (χ3v) is 4.43. The van der Waals surface area contributed by atoms with Crippen LogP contribution in [0.2, 0.25) is 0 Å². The van der Waals surface area contributed by atoms with E-state index in [1.54, 1.807) is 48.4 Å². The quantitative estimate of drug-likeness (QED) is 0.588. The Bertz CT molecular complexity index is 869. The molecule has 0 heterocycles. The average Bonchev–Trinajstić information content (AvgIpc) is 2.57. The van der Waals surface area contributed by atoms with Crippen molar-refractivity contribution in [2.75, 3.05) is 26.5 Å². The van der Waals surface area contributed by atoms with Gasteiger partial charge >= 0.3 is 10.1 Å². The van der Waals surface area contributed by atoms with Gasteiger partial charge in [-0.15, -0.1) is 0 Å². The van der Waals surface area contributed by atoms with Crippen molar-refractivity contribution >= 4 is 32.0 Å². The van der Waals surface area contributed by atoms with Gasteiger partial charge in [0.15, 0.2) is 0 Å². The first-order valence-electron chi connectivity index (χ1n) is 7.80. The maximum atomic E-state index is 12.8. The lowest BCUT2D eigenvalue weighted by atomic mass is 10.1. The normalized spacial score (nSPS) is 11.2. The number of rotatable bonds is 8. The van der Waals surface area contributed by atoms with Gasteiger partial charge in [0.25, 0.3) is 5.91 Å². The van der Waals surface area contributed by atoms with E-state index in [0.29, 0.717) is 25.3 Å². The second kappa shape index (κ2) is 9.16. The summed E-state index contributed by atoms with van der Waals surface area (Å²) in [6.45, 7) is 1.09. The largest absolute Gasteiger partial charge is 0.383 e. The van der Waals surface area contributed by atoms with Crippen LogP contribution in [0, 0.1) is 0 Å². The molecule has 0 fully saturated rings. The minimum absolute atomic E-state index is 0.141. The molecule has 6 nitrogen and oxygen atoms in total. The lowest BCUT2D eigenvalue weighted by Gasteiger charge is -2.23. The molecule has 0 saturated heterocycles. The molecule has 140 valence electrons. The third kappa shape index (κ3) is 6.44. The summed E-state index contributed by atoms with van der Waals surface area (Å²) in [5.74, 6) is 0.0735. The number of methoxy groups -OCH3 is 1. The number of carbonyl (C=O) groups excluding carboxylic acids is 1. The van der Waals surface area contributed by atoms with E-state index in [1.807, 2.05) is 12.1 Å². The number of nitrogens with zero attached hydrogens (tertiary/aromatic N) is 1. The fraction of sp³-hybridized carbons (Fsp3) is 0.278. The molecule has 1 amide bonds. The van der Waals surface area contributed by atoms with Gasteiger partial charge in [-0.05, 0) is 35.9 Å². The van der Waals surface area contributed by atoms with E-state index in [1.165, 1.54) is 0 Å². The third-order valence-electron chi connectivity index (χ3n) is 3.44. The number of hydrogen-bond donors (Lipinski definition) is 0. The van der Waals surface area contributed by atoms with Crippen LogP contribution in [0.1, 0.15) is 15.9 Å². The molecule has 0 aromatic heterocycles. The van der Waals surface area contributed by atoms with Crippen LogP contribution in [0.4, 0.5) is 0 Å². The van der Waals surface area contributed by atoms with E-state index in [4.69, 9.17) is 8.92 Å². The summed E-state index contributed by atoms with van der Waals surface area (Å²) in [6, 6.07) is 13.8. The highest BCUT2D eigenvalue weighted by Gasteiger charge is 2.17. The first-order chi connectivity index (χ1) is 12.3. The molecule has 0 unspecified atom stereocenters. The van der Waals surface area contributed by atoms with Gasteiger partial charge in [0, 0.05) is 30.2 Å². The Morgan fingerprint density at radius 2 is 1.88 bits per heavy atom. The molecule has 0 aliphatic rings. The smallest absolute Gasteiger partial charge is 0.306 e. The van der Waals surface area contributed by atoms with E-state index in [-0.39, 0.29) is 11.7 Å². The molecule has 0 N–H and O–H groups in total. The molecule has 8 heteroatoms. The predicted molar refractivity (Wildman–Crippen MR) is 103 cm³/mol. The highest BCUT2D eigenvalue weighted by atomic mass is 79.9. The summed E-state index contributed by atoms with van der Waals surface area (Å²) < 4.78 is 33.4. The minimum Gasteiger partial charge on any atom is -0.383 e. The summed E-state index contributed by atoms with van der Waals surface area (Å²) >= 11 is 3.37. The summed E-state index contributed by atoms with van der Waals surface area (Å²) in [5, 5.41) is 0. The molecule has 0 saturated carbocycles. The van der Waals surface area contributed by atoms with Gasteiger partial charge in [-0.3, -0.25) is 4.79 Å². The second-order valence-electron chi connectivity index (χ2n) is 5.66. The molecule has 0 bridgehead atoms. The van der Waals surface area contributed by atoms with Crippen LogP contribution in [0.25, 0.3) is 0 Å². The van der Waals surface area contributed by atoms with Crippen molar-refractivity contribution in [2.45, 2.75) is 6.54 Å². The van der Waals surface area contributed by atoms with Crippen LogP contribution >= 0.6 is 15.9 Å². The van der Waals surface area contributed by atoms with E-state index in [0.717, 1.165) is 16.3 Å². The first kappa shape index (κ1) is 20.4. The topological polar surface area (TPSA) is 72.9 Å². The van der Waals surface area contributed by atoms with Crippen LogP contribution in [0.3, 0.4) is 0 Å². The van der Waals surface area contributed by atoms with Crippen molar-refractivity contribution in [3.8, 4) is 5.75 Å². The molecule has 0 aliphatic heterocycles. The Hall–Kier alpha value is -1.90. The van der Waals surface area contributed by atoms with E-state index >= 15 is 0 Å². The van der Waals surface area contributed by atoms with E-state index in [9.17, 15) is 13.2 Å². The fourth-order valence-electron chi connectivity index (χ4n) is 2.35. The second-order valence-corrected chi connectivity index (χ2v) is 8.16. The lowest BCUT2D eigenvalue weighted by Crippen LogP contribution is -2.33. The number of hydrogen-bond acceptors (Lipinski definition) is 5. The summed E-state index contributed by atoms with van der Waals surface area (Å²) in [4.78, 5) is 14.5. The van der Waals surface area contributed by atoms with Gasteiger partial charge in [0.2, 0.25) is 0 Å². The standard InChI is InChI=1S/C18H20BrNO5S/c1-24-10-9-20(18(21)15-6-4-7-16(19)12-15)13-14-5-3-8-17(11-14)25-26(2,22)23/h3-8,11-12H,9-10,13H2,1-2H3. The van der Waals surface area contributed by atoms with Gasteiger partial charge in [0.1, 0.15) is 5.75 Å². The molecular formula is C18H20BrNO5S. The van der Waals surface area contributed by atoms with Crippen molar-refractivity contribution in [1.82, 2.24) is 4.90 Å². The molecule has 0 atom stereocenters. The summed E-state index contributed by atoms with van der Waals surface area (Å²) in [7, 11) is -2.03. The van der Waals surface area contributed by atoms with Crippen LogP contribution in [0.15, 0.2) is 53.0 Å². The molecule has 2 rings (SSSR count). The maximum Gasteiger partial charge on any atom is 0.306 e. The molecule has 0 spiro atoms. The molecule has 26 heavy (non-hydrogen) atoms. The fourth-order valence-corrected chi connectivity index (χ4v) is 3.20. The highest BCUT2D eigenvalue weighted by Crippen LogP contribution is 2.19. The number of halogens is 1. The Morgan fingerprint density at radius 1 is 1.15 bits per heavy atom. The monoisotopic (exact) mass is 441 g/mol. The zero-order valence-corrected chi connectivity index (χ0v) is 16.9. The van der Waals surface area contributed by atoms with Gasteiger partial charge in [-0.2, -0.15) is 8.42 Å². The zero-order valence-electron chi connectivity index (χ0n) is 14.5. The number of benzene rings is 2. The van der Waals surface area contributed by atoms with Crippen molar-refractivity contribution in [3.63, 3.8) is 0 Å². The van der Waals surface area contributed by atoms with E-state index in [2.05, 4.69) is 15.9 Å². The molecule has 2 aromatic carbocycles. The Morgan fingerprint density at radius 3 is 2.54 bits per heavy atom. The maximum absolute atomic E-state index is 12.8. The molecule has 0 radical (unpaired) electrons. The highest BCUT2D eigenvalue weighted by molar-refractivity contribution is 9.10. The SMILES string of the molecule is COCCN(Cc1cccc(OS(C)(=O)=O)c1)C(=O)c1cccc(Br)c1. The number of amides is 1. The van der Waals surface area contributed by atoms with Crippen molar-refractivity contribution in [3.05, 3.63) is 64.1 Å². The van der Waals surface area contributed by atoms with Crippen LogP contribution in [0.5, 0.6) is 5.75 Å². The number of ether oxygens (including phenoxy) is 1. The summed E-state index contributed by atoms with van der Waals surface area (Å²) in [6.07, 6.45) is 0.987. The molecule has 2 aromatic rings. The average molecular weight is 442 g/mol. The van der Waals surface area contributed by atoms with Crippen LogP contribution in [-0.4, -0.2) is 45.7 Å². The van der Waals surface area contributed by atoms with Gasteiger partial charge in [0.05, 0.1) is 12.9 Å². The summed E-state index contributed by atoms with van der Waals surface area (Å²) in [5.41, 5.74) is 1.31. The lowest BCUT2D eigenvalue weighted by molar-refractivity contribution is 0.0680. The van der Waals surface area contributed by atoms with Crippen molar-refractivity contribution in [2.24, 2.45) is 0 Å².